The summed E-state index contributed by atoms with van der Waals surface area (Å²) in [5.41, 5.74) is 13.4. The molecule has 0 N–H and O–H groups in total. The number of benzene rings is 6. The lowest BCUT2D eigenvalue weighted by Gasteiger charge is -2.12. The van der Waals surface area contributed by atoms with Crippen molar-refractivity contribution in [2.75, 3.05) is 0 Å². The van der Waals surface area contributed by atoms with Gasteiger partial charge < -0.3 is 0 Å². The smallest absolute Gasteiger partial charge is 0.00201 e. The molecule has 0 spiro atoms. The fourth-order valence-corrected chi connectivity index (χ4v) is 6.03. The van der Waals surface area contributed by atoms with Crippen molar-refractivity contribution in [2.24, 2.45) is 0 Å². The normalized spacial score (nSPS) is 12.4. The molecule has 0 heterocycles. The van der Waals surface area contributed by atoms with E-state index in [-0.39, 0.29) is 0 Å². The van der Waals surface area contributed by atoms with Gasteiger partial charge in [0.25, 0.3) is 0 Å². The van der Waals surface area contributed by atoms with Crippen molar-refractivity contribution in [3.05, 3.63) is 109 Å². The zero-order chi connectivity index (χ0) is 20.8. The Morgan fingerprint density at radius 2 is 0.844 bits per heavy atom. The van der Waals surface area contributed by atoms with Gasteiger partial charge in [-0.15, -0.1) is 0 Å². The van der Waals surface area contributed by atoms with E-state index in [9.17, 15) is 0 Å². The predicted molar refractivity (Wildman–Crippen MR) is 136 cm³/mol. The summed E-state index contributed by atoms with van der Waals surface area (Å²) in [5.74, 6) is 0. The Bertz CT molecular complexity index is 1740. The lowest BCUT2D eigenvalue weighted by atomic mass is 9.91. The highest BCUT2D eigenvalue weighted by molar-refractivity contribution is 6.20. The molecule has 146 valence electrons. The highest BCUT2D eigenvalue weighted by Crippen LogP contribution is 2.51. The van der Waals surface area contributed by atoms with Crippen molar-refractivity contribution in [3.63, 3.8) is 0 Å². The standard InChI is InChI=1S/C32H18/c1-2-9-23-22(8-1)28-14-6-13-26-21(15-16-29(23)32(26)28)20-17-19-7-5-12-27-24-10-3-4-11-25(24)30(18-20)31(19)27/h1-18H. The van der Waals surface area contributed by atoms with Gasteiger partial charge in [0.05, 0.1) is 0 Å². The Balaban J connectivity index is 1.46. The van der Waals surface area contributed by atoms with E-state index in [4.69, 9.17) is 0 Å². The summed E-state index contributed by atoms with van der Waals surface area (Å²) in [6.45, 7) is 0. The van der Waals surface area contributed by atoms with Gasteiger partial charge in [-0.25, -0.2) is 0 Å². The van der Waals surface area contributed by atoms with Crippen LogP contribution in [0.2, 0.25) is 0 Å². The van der Waals surface area contributed by atoms with Gasteiger partial charge in [-0.2, -0.15) is 0 Å². The van der Waals surface area contributed by atoms with Crippen molar-refractivity contribution in [1.82, 2.24) is 0 Å². The van der Waals surface area contributed by atoms with Gasteiger partial charge in [0.15, 0.2) is 0 Å². The van der Waals surface area contributed by atoms with Gasteiger partial charge in [-0.3, -0.25) is 0 Å². The van der Waals surface area contributed by atoms with Crippen molar-refractivity contribution in [3.8, 4) is 55.6 Å². The average Bonchev–Trinajstić information content (AvgIpc) is 3.36. The van der Waals surface area contributed by atoms with Crippen molar-refractivity contribution in [2.45, 2.75) is 0 Å². The fourth-order valence-electron chi connectivity index (χ4n) is 6.03. The Labute approximate surface area is 186 Å². The first kappa shape index (κ1) is 16.5. The van der Waals surface area contributed by atoms with Crippen LogP contribution < -0.4 is 0 Å². The third kappa shape index (κ3) is 1.93. The largest absolute Gasteiger partial charge is 0.0616 e. The van der Waals surface area contributed by atoms with Crippen LogP contribution in [0.25, 0.3) is 77.2 Å². The van der Waals surface area contributed by atoms with E-state index in [1.54, 1.807) is 0 Å². The van der Waals surface area contributed by atoms with E-state index in [1.807, 2.05) is 0 Å². The lowest BCUT2D eigenvalue weighted by molar-refractivity contribution is 1.68. The molecule has 0 atom stereocenters. The van der Waals surface area contributed by atoms with E-state index in [0.717, 1.165) is 0 Å². The second-order valence-corrected chi connectivity index (χ2v) is 8.91. The predicted octanol–water partition coefficient (Wildman–Crippen LogP) is 8.95. The second kappa shape index (κ2) is 5.75. The second-order valence-electron chi connectivity index (χ2n) is 8.91. The molecule has 2 aliphatic carbocycles. The van der Waals surface area contributed by atoms with Gasteiger partial charge in [-0.1, -0.05) is 97.1 Å². The zero-order valence-corrected chi connectivity index (χ0v) is 17.4. The molecule has 0 aromatic heterocycles. The number of hydrogen-bond acceptors (Lipinski definition) is 0. The van der Waals surface area contributed by atoms with Gasteiger partial charge in [-0.05, 0) is 89.3 Å². The number of rotatable bonds is 1. The maximum atomic E-state index is 2.41. The van der Waals surface area contributed by atoms with Crippen LogP contribution in [0.4, 0.5) is 0 Å². The molecule has 0 saturated heterocycles. The molecular formula is C32H18. The molecule has 32 heavy (non-hydrogen) atoms. The average molecular weight is 402 g/mol. The summed E-state index contributed by atoms with van der Waals surface area (Å²) >= 11 is 0. The highest BCUT2D eigenvalue weighted by atomic mass is 14.3. The van der Waals surface area contributed by atoms with E-state index < -0.39 is 0 Å². The minimum atomic E-state index is 1.29. The van der Waals surface area contributed by atoms with Crippen LogP contribution in [0.1, 0.15) is 0 Å². The van der Waals surface area contributed by atoms with Gasteiger partial charge in [0.1, 0.15) is 0 Å². The molecule has 0 radical (unpaired) electrons. The minimum absolute atomic E-state index is 1.29. The Morgan fingerprint density at radius 1 is 0.312 bits per heavy atom. The topological polar surface area (TPSA) is 0 Å². The zero-order valence-electron chi connectivity index (χ0n) is 17.4. The SMILES string of the molecule is c1ccc2c(c1)-c1cccc3cc(-c4ccc5c6c(cccc46)-c4ccccc4-5)cc-2c13. The molecule has 6 aromatic rings. The van der Waals surface area contributed by atoms with Crippen LogP contribution in [0, 0.1) is 0 Å². The molecule has 0 unspecified atom stereocenters. The van der Waals surface area contributed by atoms with Crippen molar-refractivity contribution >= 4 is 21.5 Å². The van der Waals surface area contributed by atoms with Crippen LogP contribution >= 0.6 is 0 Å². The van der Waals surface area contributed by atoms with E-state index in [1.165, 1.54) is 77.2 Å². The third-order valence-corrected chi connectivity index (χ3v) is 7.34. The first-order valence-corrected chi connectivity index (χ1v) is 11.2. The molecule has 2 aliphatic rings. The van der Waals surface area contributed by atoms with Gasteiger partial charge in [0.2, 0.25) is 0 Å². The summed E-state index contributed by atoms with van der Waals surface area (Å²) < 4.78 is 0. The summed E-state index contributed by atoms with van der Waals surface area (Å²) in [7, 11) is 0. The molecule has 0 nitrogen and oxygen atoms in total. The molecule has 8 rings (SSSR count). The molecule has 0 fully saturated rings. The summed E-state index contributed by atoms with van der Waals surface area (Å²) in [5, 5.41) is 5.43. The first-order valence-electron chi connectivity index (χ1n) is 11.2. The molecule has 6 aromatic carbocycles. The quantitative estimate of drug-likeness (QED) is 0.257. The maximum Gasteiger partial charge on any atom is -0.00201 e. The molecule has 0 bridgehead atoms. The summed E-state index contributed by atoms with van der Waals surface area (Å²) in [6.07, 6.45) is 0. The molecule has 0 aliphatic heterocycles. The third-order valence-electron chi connectivity index (χ3n) is 7.34. The van der Waals surface area contributed by atoms with Crippen LogP contribution in [0.5, 0.6) is 0 Å². The van der Waals surface area contributed by atoms with E-state index in [0.29, 0.717) is 0 Å². The van der Waals surface area contributed by atoms with Crippen molar-refractivity contribution in [1.29, 1.82) is 0 Å². The van der Waals surface area contributed by atoms with Crippen LogP contribution in [0.3, 0.4) is 0 Å². The monoisotopic (exact) mass is 402 g/mol. The lowest BCUT2D eigenvalue weighted by Crippen LogP contribution is -1.85. The molecular weight excluding hydrogens is 384 g/mol. The van der Waals surface area contributed by atoms with Gasteiger partial charge >= 0.3 is 0 Å². The molecule has 0 heteroatoms. The first-order chi connectivity index (χ1) is 15.9. The Hall–Kier alpha value is -4.16. The summed E-state index contributed by atoms with van der Waals surface area (Å²) in [6, 6.07) is 40.5. The van der Waals surface area contributed by atoms with Crippen LogP contribution in [0.15, 0.2) is 109 Å². The van der Waals surface area contributed by atoms with Crippen molar-refractivity contribution < 1.29 is 0 Å². The summed E-state index contributed by atoms with van der Waals surface area (Å²) in [4.78, 5) is 0. The van der Waals surface area contributed by atoms with Crippen LogP contribution in [-0.2, 0) is 0 Å². The fraction of sp³-hybridized carbons (Fsp3) is 0. The molecule has 0 amide bonds. The Morgan fingerprint density at radius 3 is 1.56 bits per heavy atom. The minimum Gasteiger partial charge on any atom is -0.0616 e. The number of hydrogen-bond donors (Lipinski definition) is 0. The van der Waals surface area contributed by atoms with Gasteiger partial charge in [0, 0.05) is 0 Å². The van der Waals surface area contributed by atoms with E-state index >= 15 is 0 Å². The van der Waals surface area contributed by atoms with E-state index in [2.05, 4.69) is 109 Å². The highest BCUT2D eigenvalue weighted by Gasteiger charge is 2.24. The maximum absolute atomic E-state index is 2.41. The Kier molecular flexibility index (Phi) is 2.97. The molecule has 0 saturated carbocycles. The van der Waals surface area contributed by atoms with Crippen LogP contribution in [-0.4, -0.2) is 0 Å². The number of fused-ring (bicyclic) bond motifs is 6.